The summed E-state index contributed by atoms with van der Waals surface area (Å²) in [6.07, 6.45) is 5.06. The van der Waals surface area contributed by atoms with Crippen LogP contribution in [-0.4, -0.2) is 42.8 Å². The maximum atomic E-state index is 11.4. The molecule has 1 aliphatic carbocycles. The lowest BCUT2D eigenvalue weighted by Gasteiger charge is -2.32. The standard InChI is InChI=1S/C20H26N4O2/c1-26-16-4-2-15(3-5-16)17-12-18(17)22-13-14-7-10-24(11-8-14)20-21-9-6-19(25)23-20/h2-6,9,14,17-18,22H,7-8,10-13H2,1H3,(H,21,23,25). The first kappa shape index (κ1) is 17.1. The summed E-state index contributed by atoms with van der Waals surface area (Å²) < 4.78 is 5.23. The molecule has 138 valence electrons. The van der Waals surface area contributed by atoms with Crippen LogP contribution in [0.25, 0.3) is 0 Å². The maximum Gasteiger partial charge on any atom is 0.252 e. The van der Waals surface area contributed by atoms with Crippen molar-refractivity contribution in [2.75, 3.05) is 31.6 Å². The predicted octanol–water partition coefficient (Wildman–Crippen LogP) is 2.14. The van der Waals surface area contributed by atoms with E-state index in [9.17, 15) is 4.79 Å². The van der Waals surface area contributed by atoms with Crippen molar-refractivity contribution in [1.29, 1.82) is 0 Å². The number of aromatic amines is 1. The minimum absolute atomic E-state index is 0.0860. The van der Waals surface area contributed by atoms with Crippen LogP contribution in [0, 0.1) is 5.92 Å². The monoisotopic (exact) mass is 354 g/mol. The molecule has 2 unspecified atom stereocenters. The summed E-state index contributed by atoms with van der Waals surface area (Å²) in [5.41, 5.74) is 1.31. The number of rotatable bonds is 6. The van der Waals surface area contributed by atoms with E-state index in [1.807, 2.05) is 12.1 Å². The lowest BCUT2D eigenvalue weighted by molar-refractivity contribution is 0.378. The number of anilines is 1. The highest BCUT2D eigenvalue weighted by molar-refractivity contribution is 5.33. The molecule has 0 spiro atoms. The number of nitrogens with one attached hydrogen (secondary N) is 2. The zero-order chi connectivity index (χ0) is 17.9. The summed E-state index contributed by atoms with van der Waals surface area (Å²) in [4.78, 5) is 20.7. The van der Waals surface area contributed by atoms with E-state index in [4.69, 9.17) is 4.74 Å². The van der Waals surface area contributed by atoms with Gasteiger partial charge >= 0.3 is 0 Å². The van der Waals surface area contributed by atoms with Crippen LogP contribution in [0.5, 0.6) is 5.75 Å². The highest BCUT2D eigenvalue weighted by atomic mass is 16.5. The summed E-state index contributed by atoms with van der Waals surface area (Å²) >= 11 is 0. The average Bonchev–Trinajstić information content (AvgIpc) is 3.46. The Morgan fingerprint density at radius 1 is 1.23 bits per heavy atom. The van der Waals surface area contributed by atoms with Crippen LogP contribution in [0.15, 0.2) is 41.3 Å². The number of benzene rings is 1. The molecule has 2 atom stereocenters. The van der Waals surface area contributed by atoms with Crippen molar-refractivity contribution in [2.45, 2.75) is 31.2 Å². The van der Waals surface area contributed by atoms with Gasteiger partial charge in [0.15, 0.2) is 0 Å². The summed E-state index contributed by atoms with van der Waals surface area (Å²) in [5, 5.41) is 3.74. The molecule has 6 nitrogen and oxygen atoms in total. The number of nitrogens with zero attached hydrogens (tertiary/aromatic N) is 2. The molecule has 1 aromatic heterocycles. The summed E-state index contributed by atoms with van der Waals surface area (Å²) in [6, 6.07) is 10.5. The molecule has 1 saturated heterocycles. The van der Waals surface area contributed by atoms with E-state index in [-0.39, 0.29) is 5.56 Å². The van der Waals surface area contributed by atoms with Gasteiger partial charge in [0.2, 0.25) is 5.95 Å². The Morgan fingerprint density at radius 2 is 2.00 bits per heavy atom. The van der Waals surface area contributed by atoms with E-state index in [1.54, 1.807) is 13.3 Å². The summed E-state index contributed by atoms with van der Waals surface area (Å²) in [5.74, 6) is 2.95. The van der Waals surface area contributed by atoms with Crippen LogP contribution in [0.3, 0.4) is 0 Å². The third-order valence-corrected chi connectivity index (χ3v) is 5.57. The number of H-pyrrole nitrogens is 1. The second kappa shape index (κ2) is 7.50. The first-order valence-electron chi connectivity index (χ1n) is 9.40. The first-order chi connectivity index (χ1) is 12.7. The molecule has 2 heterocycles. The zero-order valence-corrected chi connectivity index (χ0v) is 15.1. The smallest absolute Gasteiger partial charge is 0.252 e. The fraction of sp³-hybridized carbons (Fsp3) is 0.500. The lowest BCUT2D eigenvalue weighted by Crippen LogP contribution is -2.39. The summed E-state index contributed by atoms with van der Waals surface area (Å²) in [6.45, 7) is 2.97. The van der Waals surface area contributed by atoms with Gasteiger partial charge in [-0.1, -0.05) is 12.1 Å². The second-order valence-electron chi connectivity index (χ2n) is 7.32. The van der Waals surface area contributed by atoms with Crippen LogP contribution in [-0.2, 0) is 0 Å². The molecule has 0 bridgehead atoms. The third kappa shape index (κ3) is 3.90. The Kier molecular flexibility index (Phi) is 4.93. The van der Waals surface area contributed by atoms with Gasteiger partial charge in [0, 0.05) is 37.3 Å². The molecule has 0 amide bonds. The fourth-order valence-electron chi connectivity index (χ4n) is 3.83. The molecule has 26 heavy (non-hydrogen) atoms. The largest absolute Gasteiger partial charge is 0.497 e. The molecule has 1 aliphatic heterocycles. The molecule has 2 aromatic rings. The molecule has 6 heteroatoms. The minimum Gasteiger partial charge on any atom is -0.497 e. The molecule has 2 aliphatic rings. The van der Waals surface area contributed by atoms with Gasteiger partial charge < -0.3 is 15.0 Å². The van der Waals surface area contributed by atoms with Crippen LogP contribution in [0.2, 0.25) is 0 Å². The van der Waals surface area contributed by atoms with Crippen LogP contribution in [0.4, 0.5) is 5.95 Å². The van der Waals surface area contributed by atoms with E-state index in [1.165, 1.54) is 18.1 Å². The van der Waals surface area contributed by atoms with E-state index in [0.29, 0.717) is 23.8 Å². The highest BCUT2D eigenvalue weighted by Crippen LogP contribution is 2.41. The van der Waals surface area contributed by atoms with E-state index in [2.05, 4.69) is 32.3 Å². The number of methoxy groups -OCH3 is 1. The predicted molar refractivity (Wildman–Crippen MR) is 102 cm³/mol. The molecule has 2 fully saturated rings. The van der Waals surface area contributed by atoms with Crippen molar-refractivity contribution in [3.63, 3.8) is 0 Å². The fourth-order valence-corrected chi connectivity index (χ4v) is 3.83. The highest BCUT2D eigenvalue weighted by Gasteiger charge is 2.38. The molecular formula is C20H26N4O2. The maximum absolute atomic E-state index is 11.4. The number of aromatic nitrogens is 2. The average molecular weight is 354 g/mol. The van der Waals surface area contributed by atoms with Gasteiger partial charge in [-0.05, 0) is 49.4 Å². The topological polar surface area (TPSA) is 70.2 Å². The van der Waals surface area contributed by atoms with E-state index in [0.717, 1.165) is 38.2 Å². The van der Waals surface area contributed by atoms with Gasteiger partial charge in [0.1, 0.15) is 5.75 Å². The van der Waals surface area contributed by atoms with Crippen molar-refractivity contribution in [2.24, 2.45) is 5.92 Å². The Bertz CT molecular complexity index is 781. The van der Waals surface area contributed by atoms with E-state index < -0.39 is 0 Å². The minimum atomic E-state index is -0.0860. The van der Waals surface area contributed by atoms with Crippen molar-refractivity contribution in [3.05, 3.63) is 52.4 Å². The molecule has 0 radical (unpaired) electrons. The number of ether oxygens (including phenoxy) is 1. The van der Waals surface area contributed by atoms with Crippen LogP contribution in [0.1, 0.15) is 30.7 Å². The SMILES string of the molecule is COc1ccc(C2CC2NCC2CCN(c3nccc(=O)[nH]3)CC2)cc1. The van der Waals surface area contributed by atoms with Gasteiger partial charge in [-0.25, -0.2) is 4.98 Å². The molecular weight excluding hydrogens is 328 g/mol. The van der Waals surface area contributed by atoms with Crippen molar-refractivity contribution >= 4 is 5.95 Å². The summed E-state index contributed by atoms with van der Waals surface area (Å²) in [7, 11) is 1.70. The van der Waals surface area contributed by atoms with Crippen LogP contribution >= 0.6 is 0 Å². The lowest BCUT2D eigenvalue weighted by atomic mass is 9.97. The number of hydrogen-bond donors (Lipinski definition) is 2. The number of piperidine rings is 1. The molecule has 2 N–H and O–H groups in total. The normalized spacial score (nSPS) is 23.0. The van der Waals surface area contributed by atoms with E-state index >= 15 is 0 Å². The van der Waals surface area contributed by atoms with Crippen molar-refractivity contribution in [1.82, 2.24) is 15.3 Å². The van der Waals surface area contributed by atoms with Gasteiger partial charge in [-0.15, -0.1) is 0 Å². The second-order valence-corrected chi connectivity index (χ2v) is 7.32. The Balaban J connectivity index is 1.21. The van der Waals surface area contributed by atoms with Crippen LogP contribution < -0.4 is 20.5 Å². The Labute approximate surface area is 153 Å². The zero-order valence-electron chi connectivity index (χ0n) is 15.1. The number of hydrogen-bond acceptors (Lipinski definition) is 5. The van der Waals surface area contributed by atoms with Gasteiger partial charge in [0.05, 0.1) is 7.11 Å². The van der Waals surface area contributed by atoms with Gasteiger partial charge in [-0.2, -0.15) is 0 Å². The molecule has 4 rings (SSSR count). The molecule has 1 saturated carbocycles. The molecule has 1 aromatic carbocycles. The van der Waals surface area contributed by atoms with Gasteiger partial charge in [-0.3, -0.25) is 9.78 Å². The van der Waals surface area contributed by atoms with Crippen molar-refractivity contribution in [3.8, 4) is 5.75 Å². The van der Waals surface area contributed by atoms with Crippen molar-refractivity contribution < 1.29 is 4.74 Å². The quantitative estimate of drug-likeness (QED) is 0.832. The van der Waals surface area contributed by atoms with Gasteiger partial charge in [0.25, 0.3) is 5.56 Å². The first-order valence-corrected chi connectivity index (χ1v) is 9.40. The third-order valence-electron chi connectivity index (χ3n) is 5.57. The Morgan fingerprint density at radius 3 is 2.69 bits per heavy atom. The Hall–Kier alpha value is -2.34.